The molecule has 2 heterocycles. The standard InChI is InChI=1S/C18H23N3/c1-14-11-15(2)13-17(12-14)20-16-6-9-21(10-7-16)18-5-3-4-8-19-18/h3-5,8,11-13,16,20H,6-7,9-10H2,1-2H3. The molecular formula is C18H23N3. The maximum atomic E-state index is 4.44. The van der Waals surface area contributed by atoms with Crippen molar-refractivity contribution in [2.75, 3.05) is 23.3 Å². The summed E-state index contributed by atoms with van der Waals surface area (Å²) in [5.74, 6) is 1.10. The van der Waals surface area contributed by atoms with Crippen molar-refractivity contribution in [3.63, 3.8) is 0 Å². The Morgan fingerprint density at radius 1 is 1.05 bits per heavy atom. The second-order valence-electron chi connectivity index (χ2n) is 5.97. The van der Waals surface area contributed by atoms with Gasteiger partial charge in [0.15, 0.2) is 0 Å². The number of hydrogen-bond acceptors (Lipinski definition) is 3. The molecule has 0 bridgehead atoms. The molecule has 0 amide bonds. The van der Waals surface area contributed by atoms with Crippen LogP contribution in [0.1, 0.15) is 24.0 Å². The molecule has 3 nitrogen and oxygen atoms in total. The number of aryl methyl sites for hydroxylation is 2. The fourth-order valence-electron chi connectivity index (χ4n) is 3.09. The second-order valence-corrected chi connectivity index (χ2v) is 5.97. The molecule has 0 radical (unpaired) electrons. The van der Waals surface area contributed by atoms with Gasteiger partial charge in [0.25, 0.3) is 0 Å². The first-order chi connectivity index (χ1) is 10.2. The van der Waals surface area contributed by atoms with Gasteiger partial charge >= 0.3 is 0 Å². The Balaban J connectivity index is 1.58. The average Bonchev–Trinajstić information content (AvgIpc) is 2.48. The molecule has 0 aliphatic carbocycles. The number of piperidine rings is 1. The lowest BCUT2D eigenvalue weighted by Crippen LogP contribution is -2.39. The Morgan fingerprint density at radius 3 is 2.38 bits per heavy atom. The maximum Gasteiger partial charge on any atom is 0.128 e. The van der Waals surface area contributed by atoms with Crippen LogP contribution >= 0.6 is 0 Å². The van der Waals surface area contributed by atoms with Crippen molar-refractivity contribution in [2.24, 2.45) is 0 Å². The highest BCUT2D eigenvalue weighted by atomic mass is 15.2. The van der Waals surface area contributed by atoms with Crippen molar-refractivity contribution >= 4 is 11.5 Å². The Labute approximate surface area is 127 Å². The summed E-state index contributed by atoms with van der Waals surface area (Å²) in [5, 5.41) is 3.69. The van der Waals surface area contributed by atoms with Crippen molar-refractivity contribution in [1.29, 1.82) is 0 Å². The number of benzene rings is 1. The Bertz CT molecular complexity index is 566. The van der Waals surface area contributed by atoms with Gasteiger partial charge in [-0.2, -0.15) is 0 Å². The van der Waals surface area contributed by atoms with E-state index in [1.54, 1.807) is 0 Å². The van der Waals surface area contributed by atoms with E-state index in [1.807, 2.05) is 12.3 Å². The van der Waals surface area contributed by atoms with Crippen molar-refractivity contribution < 1.29 is 0 Å². The smallest absolute Gasteiger partial charge is 0.128 e. The topological polar surface area (TPSA) is 28.2 Å². The normalized spacial score (nSPS) is 16.0. The third-order valence-corrected chi connectivity index (χ3v) is 4.06. The summed E-state index contributed by atoms with van der Waals surface area (Å²) in [6, 6.07) is 13.4. The van der Waals surface area contributed by atoms with Crippen molar-refractivity contribution in [3.05, 3.63) is 53.7 Å². The van der Waals surface area contributed by atoms with E-state index >= 15 is 0 Å². The Kier molecular flexibility index (Phi) is 4.09. The lowest BCUT2D eigenvalue weighted by Gasteiger charge is -2.33. The first-order valence-electron chi connectivity index (χ1n) is 7.71. The molecule has 0 unspecified atom stereocenters. The zero-order chi connectivity index (χ0) is 14.7. The highest BCUT2D eigenvalue weighted by molar-refractivity contribution is 5.49. The predicted molar refractivity (Wildman–Crippen MR) is 89.0 cm³/mol. The van der Waals surface area contributed by atoms with Crippen LogP contribution in [0, 0.1) is 13.8 Å². The van der Waals surface area contributed by atoms with Gasteiger partial charge in [0.2, 0.25) is 0 Å². The number of nitrogens with zero attached hydrogens (tertiary/aromatic N) is 2. The average molecular weight is 281 g/mol. The molecule has 0 saturated carbocycles. The lowest BCUT2D eigenvalue weighted by atomic mass is 10.0. The van der Waals surface area contributed by atoms with Gasteiger partial charge < -0.3 is 10.2 Å². The molecule has 1 saturated heterocycles. The molecule has 3 heteroatoms. The molecule has 21 heavy (non-hydrogen) atoms. The van der Waals surface area contributed by atoms with E-state index < -0.39 is 0 Å². The van der Waals surface area contributed by atoms with Gasteiger partial charge in [0.1, 0.15) is 5.82 Å². The van der Waals surface area contributed by atoms with Crippen LogP contribution in [0.4, 0.5) is 11.5 Å². The van der Waals surface area contributed by atoms with Crippen LogP contribution in [0.5, 0.6) is 0 Å². The van der Waals surface area contributed by atoms with Crippen molar-refractivity contribution in [2.45, 2.75) is 32.7 Å². The van der Waals surface area contributed by atoms with Crippen LogP contribution in [0.2, 0.25) is 0 Å². The molecular weight excluding hydrogens is 258 g/mol. The lowest BCUT2D eigenvalue weighted by molar-refractivity contribution is 0.523. The quantitative estimate of drug-likeness (QED) is 0.928. The Morgan fingerprint density at radius 2 is 1.76 bits per heavy atom. The molecule has 1 aromatic carbocycles. The fraction of sp³-hybridized carbons (Fsp3) is 0.389. The number of rotatable bonds is 3. The van der Waals surface area contributed by atoms with E-state index in [0.29, 0.717) is 6.04 Å². The summed E-state index contributed by atoms with van der Waals surface area (Å²) in [6.07, 6.45) is 4.18. The predicted octanol–water partition coefficient (Wildman–Crippen LogP) is 3.78. The van der Waals surface area contributed by atoms with E-state index in [0.717, 1.165) is 31.7 Å². The van der Waals surface area contributed by atoms with E-state index in [1.165, 1.54) is 16.8 Å². The molecule has 1 aliphatic rings. The Hall–Kier alpha value is -2.03. The van der Waals surface area contributed by atoms with Crippen LogP contribution < -0.4 is 10.2 Å². The summed E-state index contributed by atoms with van der Waals surface area (Å²) >= 11 is 0. The van der Waals surface area contributed by atoms with Crippen LogP contribution in [0.15, 0.2) is 42.6 Å². The number of nitrogens with one attached hydrogen (secondary N) is 1. The van der Waals surface area contributed by atoms with Crippen LogP contribution in [0.3, 0.4) is 0 Å². The maximum absolute atomic E-state index is 4.44. The number of anilines is 2. The number of hydrogen-bond donors (Lipinski definition) is 1. The van der Waals surface area contributed by atoms with Gasteiger partial charge in [-0.25, -0.2) is 4.98 Å². The van der Waals surface area contributed by atoms with Gasteiger partial charge in [0, 0.05) is 31.0 Å². The van der Waals surface area contributed by atoms with Crippen molar-refractivity contribution in [3.8, 4) is 0 Å². The molecule has 1 aromatic heterocycles. The molecule has 1 fully saturated rings. The minimum absolute atomic E-state index is 0.561. The fourth-order valence-corrected chi connectivity index (χ4v) is 3.09. The highest BCUT2D eigenvalue weighted by Crippen LogP contribution is 2.21. The van der Waals surface area contributed by atoms with E-state index in [-0.39, 0.29) is 0 Å². The number of pyridine rings is 1. The molecule has 110 valence electrons. The van der Waals surface area contributed by atoms with Crippen LogP contribution in [-0.2, 0) is 0 Å². The van der Waals surface area contributed by atoms with Gasteiger partial charge in [-0.3, -0.25) is 0 Å². The first kappa shape index (κ1) is 13.9. The van der Waals surface area contributed by atoms with Gasteiger partial charge in [-0.05, 0) is 62.1 Å². The van der Waals surface area contributed by atoms with Crippen LogP contribution in [0.25, 0.3) is 0 Å². The van der Waals surface area contributed by atoms with Crippen LogP contribution in [-0.4, -0.2) is 24.1 Å². The number of aromatic nitrogens is 1. The molecule has 1 N–H and O–H groups in total. The summed E-state index contributed by atoms with van der Waals surface area (Å²) < 4.78 is 0. The van der Waals surface area contributed by atoms with E-state index in [4.69, 9.17) is 0 Å². The summed E-state index contributed by atoms with van der Waals surface area (Å²) in [5.41, 5.74) is 3.90. The largest absolute Gasteiger partial charge is 0.382 e. The minimum atomic E-state index is 0.561. The van der Waals surface area contributed by atoms with Crippen molar-refractivity contribution in [1.82, 2.24) is 4.98 Å². The van der Waals surface area contributed by atoms with Gasteiger partial charge in [-0.15, -0.1) is 0 Å². The molecule has 1 aliphatic heterocycles. The monoisotopic (exact) mass is 281 g/mol. The zero-order valence-electron chi connectivity index (χ0n) is 12.8. The third kappa shape index (κ3) is 3.54. The third-order valence-electron chi connectivity index (χ3n) is 4.06. The zero-order valence-corrected chi connectivity index (χ0v) is 12.8. The van der Waals surface area contributed by atoms with E-state index in [9.17, 15) is 0 Å². The summed E-state index contributed by atoms with van der Waals surface area (Å²) in [6.45, 7) is 6.45. The molecule has 2 aromatic rings. The van der Waals surface area contributed by atoms with Gasteiger partial charge in [-0.1, -0.05) is 12.1 Å². The molecule has 0 spiro atoms. The van der Waals surface area contributed by atoms with Gasteiger partial charge in [0.05, 0.1) is 0 Å². The molecule has 3 rings (SSSR count). The van der Waals surface area contributed by atoms with E-state index in [2.05, 4.69) is 59.4 Å². The summed E-state index contributed by atoms with van der Waals surface area (Å²) in [7, 11) is 0. The summed E-state index contributed by atoms with van der Waals surface area (Å²) in [4.78, 5) is 6.81. The SMILES string of the molecule is Cc1cc(C)cc(NC2CCN(c3ccccn3)CC2)c1. The first-order valence-corrected chi connectivity index (χ1v) is 7.71. The minimum Gasteiger partial charge on any atom is -0.382 e. The highest BCUT2D eigenvalue weighted by Gasteiger charge is 2.19. The molecule has 0 atom stereocenters. The second kappa shape index (κ2) is 6.17.